The fourth-order valence-corrected chi connectivity index (χ4v) is 4.79. The minimum absolute atomic E-state index is 0.199. The van der Waals surface area contributed by atoms with E-state index < -0.39 is 23.9 Å². The number of halogens is 1. The van der Waals surface area contributed by atoms with E-state index in [1.54, 1.807) is 24.3 Å². The summed E-state index contributed by atoms with van der Waals surface area (Å²) < 4.78 is 5.89. The summed E-state index contributed by atoms with van der Waals surface area (Å²) in [5.74, 6) is -1.44. The van der Waals surface area contributed by atoms with Crippen LogP contribution in [0.15, 0.2) is 79.1 Å². The predicted molar refractivity (Wildman–Crippen MR) is 153 cm³/mol. The average Bonchev–Trinajstić information content (AvgIpc) is 3.54. The molecular weight excluding hydrogens is 562 g/mol. The van der Waals surface area contributed by atoms with E-state index in [-0.39, 0.29) is 11.5 Å². The Morgan fingerprint density at radius 1 is 1.05 bits per heavy atom. The van der Waals surface area contributed by atoms with Gasteiger partial charge in [0.1, 0.15) is 12.4 Å². The second-order valence-electron chi connectivity index (χ2n) is 9.19. The minimum atomic E-state index is -0.909. The fourth-order valence-electron chi connectivity index (χ4n) is 4.61. The minimum Gasteiger partial charge on any atom is -0.453 e. The summed E-state index contributed by atoms with van der Waals surface area (Å²) in [5, 5.41) is 16.6. The van der Waals surface area contributed by atoms with E-state index in [0.717, 1.165) is 12.7 Å². The molecule has 1 aliphatic rings. The first kappa shape index (κ1) is 28.2. The number of alkyl carbamates (subject to hydrolysis) is 1. The van der Waals surface area contributed by atoms with Crippen LogP contribution in [-0.2, 0) is 20.7 Å². The molecule has 4 amide bonds. The molecule has 1 aliphatic heterocycles. The Balaban J connectivity index is 1.38. The number of carbonyl (C=O) groups is 4. The van der Waals surface area contributed by atoms with Gasteiger partial charge in [-0.3, -0.25) is 19.7 Å². The Morgan fingerprint density at radius 3 is 2.57 bits per heavy atom. The van der Waals surface area contributed by atoms with E-state index in [2.05, 4.69) is 30.9 Å². The van der Waals surface area contributed by atoms with Crippen LogP contribution in [0, 0.1) is 0 Å². The summed E-state index contributed by atoms with van der Waals surface area (Å²) in [6.07, 6.45) is 4.13. The molecule has 13 heteroatoms. The van der Waals surface area contributed by atoms with Crippen molar-refractivity contribution in [2.75, 3.05) is 19.0 Å². The van der Waals surface area contributed by atoms with Crippen molar-refractivity contribution >= 4 is 47.2 Å². The molecule has 5 rings (SSSR count). The van der Waals surface area contributed by atoms with Gasteiger partial charge in [0.15, 0.2) is 0 Å². The predicted octanol–water partition coefficient (Wildman–Crippen LogP) is 3.59. The third kappa shape index (κ3) is 6.18. The van der Waals surface area contributed by atoms with E-state index in [9.17, 15) is 19.2 Å². The molecule has 0 aliphatic carbocycles. The van der Waals surface area contributed by atoms with E-state index in [1.807, 2.05) is 24.3 Å². The third-order valence-electron chi connectivity index (χ3n) is 6.62. The van der Waals surface area contributed by atoms with Crippen molar-refractivity contribution in [2.45, 2.75) is 12.5 Å². The van der Waals surface area contributed by atoms with E-state index in [4.69, 9.17) is 11.6 Å². The highest BCUT2D eigenvalue weighted by Crippen LogP contribution is 2.31. The van der Waals surface area contributed by atoms with E-state index in [0.29, 0.717) is 40.5 Å². The van der Waals surface area contributed by atoms with Crippen molar-refractivity contribution in [3.63, 3.8) is 0 Å². The van der Waals surface area contributed by atoms with Gasteiger partial charge in [0.2, 0.25) is 5.91 Å². The summed E-state index contributed by atoms with van der Waals surface area (Å²) in [7, 11) is 1.15. The number of imide groups is 1. The molecule has 0 radical (unpaired) electrons. The quantitative estimate of drug-likeness (QED) is 0.326. The Morgan fingerprint density at radius 2 is 1.83 bits per heavy atom. The van der Waals surface area contributed by atoms with Crippen LogP contribution in [0.4, 0.5) is 10.5 Å². The van der Waals surface area contributed by atoms with Gasteiger partial charge in [-0.2, -0.15) is 4.68 Å². The number of hydrogen-bond donors (Lipinski definition) is 2. The zero-order valence-corrected chi connectivity index (χ0v) is 23.0. The summed E-state index contributed by atoms with van der Waals surface area (Å²) in [5.41, 5.74) is 3.52. The maximum absolute atomic E-state index is 13.7. The van der Waals surface area contributed by atoms with Gasteiger partial charge in [-0.15, -0.1) is 5.10 Å². The maximum atomic E-state index is 13.7. The first-order valence-corrected chi connectivity index (χ1v) is 13.1. The molecule has 1 aromatic heterocycles. The van der Waals surface area contributed by atoms with Crippen molar-refractivity contribution in [3.8, 4) is 5.69 Å². The molecule has 212 valence electrons. The summed E-state index contributed by atoms with van der Waals surface area (Å²) in [4.78, 5) is 52.2. The number of tetrazole rings is 1. The van der Waals surface area contributed by atoms with Gasteiger partial charge in [-0.1, -0.05) is 35.9 Å². The number of benzene rings is 3. The molecule has 0 spiro atoms. The van der Waals surface area contributed by atoms with E-state index >= 15 is 0 Å². The number of methoxy groups -OCH3 is 1. The van der Waals surface area contributed by atoms with Crippen LogP contribution in [0.5, 0.6) is 0 Å². The van der Waals surface area contributed by atoms with Gasteiger partial charge >= 0.3 is 6.09 Å². The number of carbonyl (C=O) groups excluding carboxylic acids is 4. The standard InChI is InChI=1S/C29H24ClN7O5/c1-42-29(41)33-27(39)19-6-10-22(11-7-19)32-28(40)26-23-5-3-2-4-18(23)14-15-36(26)25(38)13-8-20-16-21(30)9-12-24(20)37-17-31-34-35-37/h2-13,16-17,26H,14-15H2,1H3,(H,32,40)(H,33,39,41). The molecule has 0 saturated carbocycles. The van der Waals surface area contributed by atoms with Gasteiger partial charge in [-0.05, 0) is 76.5 Å². The fraction of sp³-hybridized carbons (Fsp3) is 0.138. The molecule has 0 bridgehead atoms. The highest BCUT2D eigenvalue weighted by atomic mass is 35.5. The highest BCUT2D eigenvalue weighted by Gasteiger charge is 2.35. The van der Waals surface area contributed by atoms with E-state index in [1.165, 1.54) is 46.3 Å². The van der Waals surface area contributed by atoms with Crippen LogP contribution in [0.1, 0.15) is 33.1 Å². The molecule has 12 nitrogen and oxygen atoms in total. The SMILES string of the molecule is COC(=O)NC(=O)c1ccc(NC(=O)C2c3ccccc3CCN2C(=O)C=Cc2cc(Cl)ccc2-n2cnnn2)cc1. The number of aromatic nitrogens is 4. The molecule has 1 atom stereocenters. The molecule has 1 unspecified atom stereocenters. The van der Waals surface area contributed by atoms with Crippen LogP contribution < -0.4 is 10.6 Å². The van der Waals surface area contributed by atoms with Gasteiger partial charge < -0.3 is 15.0 Å². The first-order chi connectivity index (χ1) is 20.3. The highest BCUT2D eigenvalue weighted by molar-refractivity contribution is 6.30. The number of fused-ring (bicyclic) bond motifs is 1. The van der Waals surface area contributed by atoms with Gasteiger partial charge in [0, 0.05) is 34.5 Å². The molecule has 3 aromatic carbocycles. The lowest BCUT2D eigenvalue weighted by atomic mass is 9.91. The van der Waals surface area contributed by atoms with Crippen LogP contribution in [0.25, 0.3) is 11.8 Å². The molecule has 2 heterocycles. The Kier molecular flexibility index (Phi) is 8.34. The second-order valence-corrected chi connectivity index (χ2v) is 9.62. The van der Waals surface area contributed by atoms with Gasteiger partial charge in [0.05, 0.1) is 12.8 Å². The number of rotatable bonds is 6. The molecule has 42 heavy (non-hydrogen) atoms. The lowest BCUT2D eigenvalue weighted by Crippen LogP contribution is -2.44. The van der Waals surface area contributed by atoms with Crippen LogP contribution in [0.3, 0.4) is 0 Å². The zero-order valence-electron chi connectivity index (χ0n) is 22.2. The third-order valence-corrected chi connectivity index (χ3v) is 6.86. The van der Waals surface area contributed by atoms with Crippen LogP contribution in [-0.4, -0.2) is 62.6 Å². The van der Waals surface area contributed by atoms with Crippen molar-refractivity contribution in [1.29, 1.82) is 0 Å². The molecule has 4 aromatic rings. The van der Waals surface area contributed by atoms with Crippen LogP contribution in [0.2, 0.25) is 5.02 Å². The van der Waals surface area contributed by atoms with Crippen molar-refractivity contribution in [1.82, 2.24) is 30.4 Å². The zero-order chi connectivity index (χ0) is 29.6. The molecule has 2 N–H and O–H groups in total. The molecule has 0 fully saturated rings. The normalized spacial score (nSPS) is 14.2. The number of ether oxygens (including phenoxy) is 1. The monoisotopic (exact) mass is 585 g/mol. The number of anilines is 1. The number of nitrogens with zero attached hydrogens (tertiary/aromatic N) is 5. The number of amides is 4. The molecular formula is C29H24ClN7O5. The topological polar surface area (TPSA) is 148 Å². The van der Waals surface area contributed by atoms with Crippen molar-refractivity contribution in [2.24, 2.45) is 0 Å². The van der Waals surface area contributed by atoms with Gasteiger partial charge in [0.25, 0.3) is 11.8 Å². The Hall–Kier alpha value is -5.36. The summed E-state index contributed by atoms with van der Waals surface area (Å²) in [6.45, 7) is 0.320. The lowest BCUT2D eigenvalue weighted by molar-refractivity contribution is -0.135. The van der Waals surface area contributed by atoms with Crippen molar-refractivity contribution in [3.05, 3.63) is 106 Å². The average molecular weight is 586 g/mol. The van der Waals surface area contributed by atoms with Gasteiger partial charge in [-0.25, -0.2) is 4.79 Å². The van der Waals surface area contributed by atoms with Crippen molar-refractivity contribution < 1.29 is 23.9 Å². The first-order valence-electron chi connectivity index (χ1n) is 12.7. The number of hydrogen-bond acceptors (Lipinski definition) is 8. The molecule has 0 saturated heterocycles. The van der Waals surface area contributed by atoms with Crippen LogP contribution >= 0.6 is 11.6 Å². The number of nitrogens with one attached hydrogen (secondary N) is 2. The Labute approximate surface area is 244 Å². The summed E-state index contributed by atoms with van der Waals surface area (Å²) >= 11 is 6.21. The smallest absolute Gasteiger partial charge is 0.413 e. The summed E-state index contributed by atoms with van der Waals surface area (Å²) in [6, 6.07) is 17.7. The second kappa shape index (κ2) is 12.4. The largest absolute Gasteiger partial charge is 0.453 e. The Bertz CT molecular complexity index is 1670. The lowest BCUT2D eigenvalue weighted by Gasteiger charge is -2.35. The maximum Gasteiger partial charge on any atom is 0.413 e.